The molecule has 8 heteroatoms. The number of halogens is 1. The third-order valence-electron chi connectivity index (χ3n) is 4.63. The van der Waals surface area contributed by atoms with E-state index < -0.39 is 5.60 Å². The van der Waals surface area contributed by atoms with Crippen molar-refractivity contribution in [1.82, 2.24) is 25.4 Å². The molecule has 0 amide bonds. The van der Waals surface area contributed by atoms with Gasteiger partial charge in [0.05, 0.1) is 12.7 Å². The van der Waals surface area contributed by atoms with E-state index >= 15 is 0 Å². The Morgan fingerprint density at radius 3 is 2.93 bits per heavy atom. The van der Waals surface area contributed by atoms with Crippen LogP contribution in [0.2, 0.25) is 0 Å². The number of aliphatic imine (C=N–C) groups is 1. The quantitative estimate of drug-likeness (QED) is 0.370. The summed E-state index contributed by atoms with van der Waals surface area (Å²) in [6.45, 7) is 5.24. The van der Waals surface area contributed by atoms with Crippen LogP contribution < -0.4 is 10.6 Å². The molecule has 7 nitrogen and oxygen atoms in total. The summed E-state index contributed by atoms with van der Waals surface area (Å²) < 4.78 is 15.2. The van der Waals surface area contributed by atoms with Crippen LogP contribution >= 0.6 is 0 Å². The zero-order chi connectivity index (χ0) is 20.1. The number of hydrogen-bond donors (Lipinski definition) is 4. The lowest BCUT2D eigenvalue weighted by molar-refractivity contribution is 0.0672. The van der Waals surface area contributed by atoms with Crippen LogP contribution in [0.3, 0.4) is 0 Å². The number of rotatable bonds is 7. The Kier molecular flexibility index (Phi) is 5.99. The highest BCUT2D eigenvalue weighted by Crippen LogP contribution is 2.20. The van der Waals surface area contributed by atoms with Gasteiger partial charge in [0, 0.05) is 49.0 Å². The van der Waals surface area contributed by atoms with Gasteiger partial charge < -0.3 is 20.7 Å². The van der Waals surface area contributed by atoms with E-state index in [9.17, 15) is 9.50 Å². The first-order valence-electron chi connectivity index (χ1n) is 9.38. The van der Waals surface area contributed by atoms with Crippen molar-refractivity contribution < 1.29 is 9.50 Å². The summed E-state index contributed by atoms with van der Waals surface area (Å²) in [6, 6.07) is 4.74. The Morgan fingerprint density at radius 2 is 2.21 bits per heavy atom. The van der Waals surface area contributed by atoms with Crippen LogP contribution in [0.1, 0.15) is 25.0 Å². The number of aromatic amines is 1. The molecule has 0 radical (unpaired) electrons. The number of H-pyrrole nitrogens is 1. The van der Waals surface area contributed by atoms with Crippen molar-refractivity contribution in [2.75, 3.05) is 19.6 Å². The summed E-state index contributed by atoms with van der Waals surface area (Å²) in [5, 5.41) is 22.1. The second-order valence-electron chi connectivity index (χ2n) is 7.05. The number of fused-ring (bicyclic) bond motifs is 1. The lowest BCUT2D eigenvalue weighted by Crippen LogP contribution is -2.39. The van der Waals surface area contributed by atoms with Gasteiger partial charge in [-0.3, -0.25) is 4.68 Å². The van der Waals surface area contributed by atoms with E-state index in [1.54, 1.807) is 36.1 Å². The van der Waals surface area contributed by atoms with Crippen LogP contribution in [0.4, 0.5) is 4.39 Å². The van der Waals surface area contributed by atoms with Gasteiger partial charge in [-0.15, -0.1) is 0 Å². The van der Waals surface area contributed by atoms with Gasteiger partial charge in [-0.25, -0.2) is 9.38 Å². The molecule has 0 aliphatic carbocycles. The Labute approximate surface area is 163 Å². The predicted molar refractivity (Wildman–Crippen MR) is 109 cm³/mol. The van der Waals surface area contributed by atoms with Gasteiger partial charge in [0.15, 0.2) is 5.96 Å². The lowest BCUT2D eigenvalue weighted by Gasteiger charge is -2.20. The van der Waals surface area contributed by atoms with Crippen molar-refractivity contribution >= 4 is 16.9 Å². The highest BCUT2D eigenvalue weighted by Gasteiger charge is 2.24. The number of hydrogen-bond acceptors (Lipinski definition) is 3. The van der Waals surface area contributed by atoms with Gasteiger partial charge >= 0.3 is 0 Å². The number of aromatic nitrogens is 3. The van der Waals surface area contributed by atoms with E-state index in [0.717, 1.165) is 22.0 Å². The Balaban J connectivity index is 1.62. The average Bonchev–Trinajstić information content (AvgIpc) is 3.26. The fourth-order valence-corrected chi connectivity index (χ4v) is 3.04. The summed E-state index contributed by atoms with van der Waals surface area (Å²) in [7, 11) is 1.81. The minimum atomic E-state index is -1.11. The molecule has 28 heavy (non-hydrogen) atoms. The highest BCUT2D eigenvalue weighted by atomic mass is 19.1. The van der Waals surface area contributed by atoms with Crippen molar-refractivity contribution in [1.29, 1.82) is 0 Å². The predicted octanol–water partition coefficient (Wildman–Crippen LogP) is 2.05. The van der Waals surface area contributed by atoms with Gasteiger partial charge in [0.2, 0.25) is 0 Å². The summed E-state index contributed by atoms with van der Waals surface area (Å²) in [4.78, 5) is 7.67. The van der Waals surface area contributed by atoms with Gasteiger partial charge in [0.25, 0.3) is 0 Å². The number of benzene rings is 1. The SMILES string of the molecule is CCNC(=NCC(C)(O)c1cnn(C)c1)NCCc1c[nH]c2ccc(F)cc12. The zero-order valence-corrected chi connectivity index (χ0v) is 16.5. The van der Waals surface area contributed by atoms with Crippen molar-refractivity contribution in [2.24, 2.45) is 12.0 Å². The molecule has 0 fully saturated rings. The molecule has 4 N–H and O–H groups in total. The van der Waals surface area contributed by atoms with E-state index in [4.69, 9.17) is 0 Å². The maximum atomic E-state index is 13.5. The molecule has 1 unspecified atom stereocenters. The third-order valence-corrected chi connectivity index (χ3v) is 4.63. The van der Waals surface area contributed by atoms with Crippen molar-refractivity contribution in [3.05, 3.63) is 53.7 Å². The molecular formula is C20H27FN6O. The molecule has 3 aromatic rings. The fourth-order valence-electron chi connectivity index (χ4n) is 3.04. The smallest absolute Gasteiger partial charge is 0.191 e. The normalized spacial score (nSPS) is 14.2. The summed E-state index contributed by atoms with van der Waals surface area (Å²) in [5.41, 5.74) is 1.57. The molecule has 0 saturated carbocycles. The minimum absolute atomic E-state index is 0.201. The molecule has 1 aromatic carbocycles. The second-order valence-corrected chi connectivity index (χ2v) is 7.05. The van der Waals surface area contributed by atoms with E-state index in [0.29, 0.717) is 25.5 Å². The minimum Gasteiger partial charge on any atom is -0.383 e. The van der Waals surface area contributed by atoms with Crippen LogP contribution in [0, 0.1) is 5.82 Å². The molecule has 3 rings (SSSR count). The van der Waals surface area contributed by atoms with Crippen molar-refractivity contribution in [3.63, 3.8) is 0 Å². The van der Waals surface area contributed by atoms with Crippen LogP contribution in [0.5, 0.6) is 0 Å². The number of nitrogens with zero attached hydrogens (tertiary/aromatic N) is 3. The van der Waals surface area contributed by atoms with Gasteiger partial charge in [-0.1, -0.05) is 0 Å². The number of nitrogens with one attached hydrogen (secondary N) is 3. The monoisotopic (exact) mass is 386 g/mol. The fraction of sp³-hybridized carbons (Fsp3) is 0.400. The number of aliphatic hydroxyl groups is 1. The number of guanidine groups is 1. The molecule has 0 bridgehead atoms. The van der Waals surface area contributed by atoms with E-state index in [1.165, 1.54) is 6.07 Å². The molecule has 0 spiro atoms. The van der Waals surface area contributed by atoms with Crippen LogP contribution in [-0.2, 0) is 19.1 Å². The summed E-state index contributed by atoms with van der Waals surface area (Å²) >= 11 is 0. The van der Waals surface area contributed by atoms with Crippen molar-refractivity contribution in [3.8, 4) is 0 Å². The standard InChI is InChI=1S/C20H27FN6O/c1-4-22-19(25-13-20(2,28)15-11-26-27(3)12-15)23-8-7-14-10-24-18-6-5-16(21)9-17(14)18/h5-6,9-12,24,28H,4,7-8,13H2,1-3H3,(H2,22,23,25). The molecule has 0 aliphatic rings. The van der Waals surface area contributed by atoms with Gasteiger partial charge in [-0.05, 0) is 44.0 Å². The molecule has 150 valence electrons. The second kappa shape index (κ2) is 8.43. The third kappa shape index (κ3) is 4.69. The number of aryl methyl sites for hydroxylation is 1. The van der Waals surface area contributed by atoms with Crippen molar-refractivity contribution in [2.45, 2.75) is 25.9 Å². The molecule has 0 aliphatic heterocycles. The Bertz CT molecular complexity index is 959. The topological polar surface area (TPSA) is 90.3 Å². The average molecular weight is 386 g/mol. The molecule has 2 heterocycles. The Hall–Kier alpha value is -2.87. The van der Waals surface area contributed by atoms with Crippen LogP contribution in [0.25, 0.3) is 10.9 Å². The molecule has 0 saturated heterocycles. The van der Waals surface area contributed by atoms with Crippen LogP contribution in [-0.4, -0.2) is 45.5 Å². The van der Waals surface area contributed by atoms with Crippen LogP contribution in [0.15, 0.2) is 41.8 Å². The zero-order valence-electron chi connectivity index (χ0n) is 16.5. The Morgan fingerprint density at radius 1 is 1.39 bits per heavy atom. The summed E-state index contributed by atoms with van der Waals surface area (Å²) in [5.74, 6) is 0.381. The highest BCUT2D eigenvalue weighted by molar-refractivity contribution is 5.83. The first-order chi connectivity index (χ1) is 13.4. The molecule has 1 atom stereocenters. The van der Waals surface area contributed by atoms with E-state index in [-0.39, 0.29) is 12.4 Å². The maximum Gasteiger partial charge on any atom is 0.191 e. The summed E-state index contributed by atoms with van der Waals surface area (Å²) in [6.07, 6.45) is 6.05. The molecular weight excluding hydrogens is 359 g/mol. The van der Waals surface area contributed by atoms with E-state index in [2.05, 4.69) is 25.7 Å². The van der Waals surface area contributed by atoms with E-state index in [1.807, 2.05) is 20.2 Å². The molecule has 2 aromatic heterocycles. The first kappa shape index (κ1) is 19.9. The van der Waals surface area contributed by atoms with Gasteiger partial charge in [-0.2, -0.15) is 5.10 Å². The lowest BCUT2D eigenvalue weighted by atomic mass is 10.0. The first-order valence-corrected chi connectivity index (χ1v) is 9.38. The van der Waals surface area contributed by atoms with Gasteiger partial charge in [0.1, 0.15) is 11.4 Å². The maximum absolute atomic E-state index is 13.5. The largest absolute Gasteiger partial charge is 0.383 e.